The monoisotopic (exact) mass is 405 g/mol. The molecular weight excluding hydrogens is 377 g/mol. The van der Waals surface area contributed by atoms with E-state index in [0.717, 1.165) is 0 Å². The van der Waals surface area contributed by atoms with Gasteiger partial charge in [-0.1, -0.05) is 49.3 Å². The molecule has 0 aromatic carbocycles. The highest BCUT2D eigenvalue weighted by Gasteiger charge is 2.19. The molecule has 0 fully saturated rings. The molecule has 0 saturated carbocycles. The van der Waals surface area contributed by atoms with Crippen LogP contribution in [0.2, 0.25) is 0 Å². The molecule has 0 radical (unpaired) electrons. The molecule has 0 N–H and O–H groups in total. The van der Waals surface area contributed by atoms with E-state index in [1.54, 1.807) is 0 Å². The van der Waals surface area contributed by atoms with Crippen molar-refractivity contribution >= 4 is 22.6 Å². The quantitative estimate of drug-likeness (QED) is 0.222. The Morgan fingerprint density at radius 2 is 1.25 bits per heavy atom. The van der Waals surface area contributed by atoms with Crippen molar-refractivity contribution in [1.82, 2.24) is 0 Å². The summed E-state index contributed by atoms with van der Waals surface area (Å²) in [7, 11) is 2.45. The average molecular weight is 406 g/mol. The highest BCUT2D eigenvalue weighted by Crippen LogP contribution is 2.11. The van der Waals surface area contributed by atoms with E-state index < -0.39 is 0 Å². The second-order valence-electron chi connectivity index (χ2n) is 4.89. The molecule has 0 aliphatic carbocycles. The number of alkyl halides is 1. The molecule has 0 aromatic rings. The number of hydrogen-bond donors (Lipinski definition) is 0. The van der Waals surface area contributed by atoms with Crippen molar-refractivity contribution in [2.45, 2.75) is 52.4 Å². The zero-order valence-electron chi connectivity index (χ0n) is 11.3. The lowest BCUT2D eigenvalue weighted by Gasteiger charge is -2.34. The largest absolute Gasteiger partial charge is 1.00 e. The Kier molecular flexibility index (Phi) is 15.4. The lowest BCUT2D eigenvalue weighted by molar-refractivity contribution is -0.907. The molecule has 100 valence electrons. The Bertz CT molecular complexity index is 132. The first-order chi connectivity index (χ1) is 7.18. The summed E-state index contributed by atoms with van der Waals surface area (Å²) in [4.78, 5) is 0. The van der Waals surface area contributed by atoms with E-state index in [1.807, 2.05) is 0 Å². The van der Waals surface area contributed by atoms with Gasteiger partial charge in [-0.2, -0.15) is 0 Å². The third-order valence-corrected chi connectivity index (χ3v) is 3.71. The van der Waals surface area contributed by atoms with Crippen molar-refractivity contribution in [2.24, 2.45) is 0 Å². The third-order valence-electron chi connectivity index (χ3n) is 3.23. The number of unbranched alkanes of at least 4 members (excludes halogenated alkanes) is 4. The first-order valence-electron chi connectivity index (χ1n) is 6.58. The smallest absolute Gasteiger partial charge is 0.0875 e. The zero-order chi connectivity index (χ0) is 11.6. The zero-order valence-corrected chi connectivity index (χ0v) is 15.0. The van der Waals surface area contributed by atoms with E-state index in [1.165, 1.54) is 67.1 Å². The molecule has 0 aliphatic heterocycles. The van der Waals surface area contributed by atoms with Crippen LogP contribution in [-0.2, 0) is 0 Å². The number of quaternary nitrogens is 1. The van der Waals surface area contributed by atoms with Gasteiger partial charge >= 0.3 is 0 Å². The first-order valence-corrected chi connectivity index (χ1v) is 8.10. The fourth-order valence-electron chi connectivity index (χ4n) is 2.03. The van der Waals surface area contributed by atoms with E-state index in [2.05, 4.69) is 43.5 Å². The van der Waals surface area contributed by atoms with Gasteiger partial charge in [-0.25, -0.2) is 0 Å². The Morgan fingerprint density at radius 1 is 0.812 bits per heavy atom. The molecule has 3 heteroatoms. The van der Waals surface area contributed by atoms with Crippen LogP contribution in [-0.4, -0.2) is 35.6 Å². The van der Waals surface area contributed by atoms with Crippen LogP contribution in [0.4, 0.5) is 0 Å². The Morgan fingerprint density at radius 3 is 1.56 bits per heavy atom. The summed E-state index contributed by atoms with van der Waals surface area (Å²) in [5.41, 5.74) is 0. The van der Waals surface area contributed by atoms with Gasteiger partial charge in [0.2, 0.25) is 0 Å². The molecule has 0 aliphatic rings. The van der Waals surface area contributed by atoms with Crippen LogP contribution >= 0.6 is 22.6 Å². The van der Waals surface area contributed by atoms with E-state index in [-0.39, 0.29) is 17.0 Å². The number of rotatable bonds is 10. The van der Waals surface area contributed by atoms with Crippen molar-refractivity contribution in [2.75, 3.05) is 31.1 Å². The molecule has 0 aromatic heterocycles. The van der Waals surface area contributed by atoms with Crippen molar-refractivity contribution < 1.29 is 21.5 Å². The standard InChI is InChI=1S/C13H29IN.BrH/c1-4-6-8-11-15(3,13-10-14)12-9-7-5-2;/h4-13H2,1-3H3;1H/q+1;/p-1. The van der Waals surface area contributed by atoms with Crippen LogP contribution in [0, 0.1) is 0 Å². The number of nitrogens with zero attached hydrogens (tertiary/aromatic N) is 1. The fraction of sp³-hybridized carbons (Fsp3) is 1.00. The summed E-state index contributed by atoms with van der Waals surface area (Å²) in [6.07, 6.45) is 8.33. The van der Waals surface area contributed by atoms with Crippen LogP contribution in [0.1, 0.15) is 52.4 Å². The van der Waals surface area contributed by atoms with Gasteiger partial charge < -0.3 is 21.5 Å². The van der Waals surface area contributed by atoms with Gasteiger partial charge in [0.05, 0.1) is 26.7 Å². The summed E-state index contributed by atoms with van der Waals surface area (Å²) in [5.74, 6) is 0. The minimum atomic E-state index is 0. The fourth-order valence-corrected chi connectivity index (χ4v) is 3.19. The van der Waals surface area contributed by atoms with Crippen LogP contribution in [0.15, 0.2) is 0 Å². The summed E-state index contributed by atoms with van der Waals surface area (Å²) in [6.45, 7) is 8.72. The first kappa shape index (κ1) is 19.5. The Hall–Kier alpha value is 1.17. The van der Waals surface area contributed by atoms with Gasteiger partial charge in [0, 0.05) is 4.43 Å². The predicted octanol–water partition coefficient (Wildman–Crippen LogP) is 1.25. The van der Waals surface area contributed by atoms with Gasteiger partial charge in [0.25, 0.3) is 0 Å². The van der Waals surface area contributed by atoms with Crippen molar-refractivity contribution in [3.63, 3.8) is 0 Å². The highest BCUT2D eigenvalue weighted by molar-refractivity contribution is 14.1. The highest BCUT2D eigenvalue weighted by atomic mass is 127. The minimum absolute atomic E-state index is 0. The molecule has 0 saturated heterocycles. The van der Waals surface area contributed by atoms with E-state index >= 15 is 0 Å². The Labute approximate surface area is 127 Å². The predicted molar refractivity (Wildman–Crippen MR) is 78.7 cm³/mol. The van der Waals surface area contributed by atoms with Crippen molar-refractivity contribution in [3.05, 3.63) is 0 Å². The molecule has 0 unspecified atom stereocenters. The minimum Gasteiger partial charge on any atom is -1.00 e. The van der Waals surface area contributed by atoms with Crippen molar-refractivity contribution in [1.29, 1.82) is 0 Å². The maximum Gasteiger partial charge on any atom is 0.0875 e. The lowest BCUT2D eigenvalue weighted by atomic mass is 10.2. The van der Waals surface area contributed by atoms with E-state index in [9.17, 15) is 0 Å². The Balaban J connectivity index is 0. The maximum absolute atomic E-state index is 2.52. The van der Waals surface area contributed by atoms with Gasteiger partial charge in [0.15, 0.2) is 0 Å². The maximum atomic E-state index is 2.52. The van der Waals surface area contributed by atoms with Crippen LogP contribution in [0.25, 0.3) is 0 Å². The normalized spacial score (nSPS) is 11.2. The topological polar surface area (TPSA) is 0 Å². The lowest BCUT2D eigenvalue weighted by Crippen LogP contribution is -3.00. The molecule has 0 atom stereocenters. The van der Waals surface area contributed by atoms with Crippen LogP contribution in [0.3, 0.4) is 0 Å². The molecule has 0 bridgehead atoms. The van der Waals surface area contributed by atoms with Crippen LogP contribution < -0.4 is 17.0 Å². The third kappa shape index (κ3) is 10.3. The summed E-state index contributed by atoms with van der Waals surface area (Å²) < 4.78 is 2.61. The number of halogens is 2. The molecule has 0 rings (SSSR count). The summed E-state index contributed by atoms with van der Waals surface area (Å²) in [5, 5.41) is 0. The average Bonchev–Trinajstić information content (AvgIpc) is 2.19. The molecule has 16 heavy (non-hydrogen) atoms. The summed E-state index contributed by atoms with van der Waals surface area (Å²) >= 11 is 2.52. The van der Waals surface area contributed by atoms with Gasteiger partial charge in [-0.15, -0.1) is 0 Å². The van der Waals surface area contributed by atoms with Gasteiger partial charge in [0.1, 0.15) is 0 Å². The molecule has 0 heterocycles. The molecule has 0 spiro atoms. The van der Waals surface area contributed by atoms with Gasteiger partial charge in [-0.05, 0) is 25.7 Å². The number of hydrogen-bond acceptors (Lipinski definition) is 0. The second-order valence-corrected chi connectivity index (χ2v) is 5.97. The molecular formula is C13H29BrIN. The summed E-state index contributed by atoms with van der Waals surface area (Å²) in [6, 6.07) is 0. The molecule has 1 nitrogen and oxygen atoms in total. The van der Waals surface area contributed by atoms with Crippen LogP contribution in [0.5, 0.6) is 0 Å². The SMILES string of the molecule is CCCCC[N+](C)(CCI)CCCCC.[Br-]. The van der Waals surface area contributed by atoms with Crippen molar-refractivity contribution in [3.8, 4) is 0 Å². The second kappa shape index (κ2) is 12.6. The molecule has 0 amide bonds. The van der Waals surface area contributed by atoms with E-state index in [4.69, 9.17) is 0 Å². The van der Waals surface area contributed by atoms with E-state index in [0.29, 0.717) is 0 Å². The van der Waals surface area contributed by atoms with Gasteiger partial charge in [-0.3, -0.25) is 0 Å².